The first kappa shape index (κ1) is 11.2. The Kier molecular flexibility index (Phi) is 2.67. The Balaban J connectivity index is 1.92. The fourth-order valence-corrected chi connectivity index (χ4v) is 2.94. The van der Waals surface area contributed by atoms with Gasteiger partial charge in [0.15, 0.2) is 0 Å². The van der Waals surface area contributed by atoms with Crippen molar-refractivity contribution in [2.45, 2.75) is 31.6 Å². The summed E-state index contributed by atoms with van der Waals surface area (Å²) in [6, 6.07) is 0. The van der Waals surface area contributed by atoms with Crippen LogP contribution in [0.1, 0.15) is 36.2 Å². The lowest BCUT2D eigenvalue weighted by Gasteiger charge is -2.09. The molecule has 3 heterocycles. The molecule has 0 aromatic carbocycles. The van der Waals surface area contributed by atoms with E-state index in [0.717, 1.165) is 29.3 Å². The summed E-state index contributed by atoms with van der Waals surface area (Å²) in [5.74, 6) is 0.313. The maximum atomic E-state index is 10.1. The van der Waals surface area contributed by atoms with Crippen molar-refractivity contribution in [2.24, 2.45) is 0 Å². The van der Waals surface area contributed by atoms with Crippen LogP contribution in [0.2, 0.25) is 0 Å². The van der Waals surface area contributed by atoms with Gasteiger partial charge >= 0.3 is 0 Å². The first-order valence-electron chi connectivity index (χ1n) is 5.78. The van der Waals surface area contributed by atoms with Gasteiger partial charge < -0.3 is 14.9 Å². The highest BCUT2D eigenvalue weighted by Crippen LogP contribution is 2.54. The Labute approximate surface area is 108 Å². The van der Waals surface area contributed by atoms with E-state index in [9.17, 15) is 10.2 Å². The zero-order chi connectivity index (χ0) is 12.0. The second-order valence-electron chi connectivity index (χ2n) is 4.38. The third kappa shape index (κ3) is 1.52. The Morgan fingerprint density at radius 3 is 2.24 bits per heavy atom. The van der Waals surface area contributed by atoms with Crippen LogP contribution in [0.15, 0.2) is 12.2 Å². The highest BCUT2D eigenvalue weighted by Gasteiger charge is 2.41. The molecule has 1 aromatic heterocycles. The second kappa shape index (κ2) is 4.07. The normalized spacial score (nSPS) is 24.5. The molecule has 0 amide bonds. The lowest BCUT2D eigenvalue weighted by atomic mass is 10.0. The van der Waals surface area contributed by atoms with Gasteiger partial charge in [0.25, 0.3) is 0 Å². The van der Waals surface area contributed by atoms with Crippen LogP contribution in [0.25, 0.3) is 0 Å². The quantitative estimate of drug-likeness (QED) is 0.511. The van der Waals surface area contributed by atoms with E-state index in [2.05, 4.69) is 15.9 Å². The third-order valence-corrected chi connectivity index (χ3v) is 3.93. The lowest BCUT2D eigenvalue weighted by Crippen LogP contribution is -1.99. The summed E-state index contributed by atoms with van der Waals surface area (Å²) < 4.78 is 7.16. The molecule has 2 bridgehead atoms. The van der Waals surface area contributed by atoms with Gasteiger partial charge in [0.2, 0.25) is 11.8 Å². The van der Waals surface area contributed by atoms with Gasteiger partial charge in [0.05, 0.1) is 11.1 Å². The number of rotatable bonds is 4. The van der Waals surface area contributed by atoms with E-state index in [1.807, 2.05) is 12.2 Å². The Morgan fingerprint density at radius 1 is 1.12 bits per heavy atom. The zero-order valence-electron chi connectivity index (χ0n) is 9.27. The number of hydrogen-bond donors (Lipinski definition) is 2. The van der Waals surface area contributed by atoms with Crippen molar-refractivity contribution < 1.29 is 14.9 Å². The van der Waals surface area contributed by atoms with E-state index in [0.29, 0.717) is 6.54 Å². The molecule has 3 rings (SSSR count). The smallest absolute Gasteiger partial charge is 0.200 e. The molecule has 0 aliphatic carbocycles. The van der Waals surface area contributed by atoms with Gasteiger partial charge in [-0.3, -0.25) is 4.57 Å². The molecule has 2 N–H and O–H groups in total. The highest BCUT2D eigenvalue weighted by molar-refractivity contribution is 9.09. The topological polar surface area (TPSA) is 54.6 Å². The van der Waals surface area contributed by atoms with E-state index in [4.69, 9.17) is 4.74 Å². The van der Waals surface area contributed by atoms with Crippen molar-refractivity contribution in [2.75, 3.05) is 5.33 Å². The summed E-state index contributed by atoms with van der Waals surface area (Å²) in [5, 5.41) is 21.2. The molecule has 0 spiro atoms. The van der Waals surface area contributed by atoms with Gasteiger partial charge in [-0.05, 0) is 12.8 Å². The molecule has 1 aromatic rings. The van der Waals surface area contributed by atoms with Crippen molar-refractivity contribution in [1.29, 1.82) is 0 Å². The number of fused-ring (bicyclic) bond motifs is 5. The molecule has 5 heteroatoms. The van der Waals surface area contributed by atoms with Crippen LogP contribution in [-0.2, 0) is 11.3 Å². The van der Waals surface area contributed by atoms with Crippen LogP contribution >= 0.6 is 15.9 Å². The minimum absolute atomic E-state index is 0.156. The third-order valence-electron chi connectivity index (χ3n) is 3.37. The SMILES string of the molecule is Oc1c2c(c(O)n1CCCCBr)C1C=CC2O1. The van der Waals surface area contributed by atoms with Crippen LogP contribution < -0.4 is 0 Å². The Morgan fingerprint density at radius 2 is 1.71 bits per heavy atom. The molecule has 4 nitrogen and oxygen atoms in total. The van der Waals surface area contributed by atoms with Gasteiger partial charge in [0.1, 0.15) is 12.2 Å². The summed E-state index contributed by atoms with van der Waals surface area (Å²) in [4.78, 5) is 0. The minimum atomic E-state index is -0.182. The van der Waals surface area contributed by atoms with Crippen LogP contribution in [0.4, 0.5) is 0 Å². The maximum absolute atomic E-state index is 10.1. The van der Waals surface area contributed by atoms with Crippen LogP contribution in [-0.4, -0.2) is 20.1 Å². The largest absolute Gasteiger partial charge is 0.494 e. The van der Waals surface area contributed by atoms with Crippen molar-refractivity contribution in [3.63, 3.8) is 0 Å². The molecule has 0 saturated heterocycles. The van der Waals surface area contributed by atoms with Gasteiger partial charge in [-0.2, -0.15) is 0 Å². The number of unbranched alkanes of at least 4 members (excludes halogenated alkanes) is 1. The van der Waals surface area contributed by atoms with Crippen LogP contribution in [0.3, 0.4) is 0 Å². The number of hydrogen-bond acceptors (Lipinski definition) is 3. The number of alkyl halides is 1. The summed E-state index contributed by atoms with van der Waals surface area (Å²) in [6.45, 7) is 0.635. The Hall–Kier alpha value is -0.940. The van der Waals surface area contributed by atoms with E-state index in [1.165, 1.54) is 0 Å². The van der Waals surface area contributed by atoms with Gasteiger partial charge in [-0.15, -0.1) is 0 Å². The van der Waals surface area contributed by atoms with Crippen LogP contribution in [0.5, 0.6) is 11.8 Å². The van der Waals surface area contributed by atoms with Crippen LogP contribution in [0, 0.1) is 0 Å². The molecule has 2 aliphatic rings. The molecular formula is C12H14BrNO3. The lowest BCUT2D eigenvalue weighted by molar-refractivity contribution is 0.0837. The van der Waals surface area contributed by atoms with Gasteiger partial charge in [-0.25, -0.2) is 0 Å². The number of nitrogens with zero attached hydrogens (tertiary/aromatic N) is 1. The molecule has 0 radical (unpaired) electrons. The van der Waals surface area contributed by atoms with Gasteiger partial charge in [-0.1, -0.05) is 28.1 Å². The molecule has 2 atom stereocenters. The summed E-state index contributed by atoms with van der Waals surface area (Å²) in [7, 11) is 0. The average molecular weight is 300 g/mol. The molecule has 2 unspecified atom stereocenters. The molecule has 0 saturated carbocycles. The zero-order valence-corrected chi connectivity index (χ0v) is 10.9. The number of aromatic hydroxyl groups is 2. The second-order valence-corrected chi connectivity index (χ2v) is 5.18. The van der Waals surface area contributed by atoms with Crippen molar-refractivity contribution in [3.8, 4) is 11.8 Å². The standard InChI is InChI=1S/C12H14BrNO3/c13-5-1-2-6-14-11(15)9-7-3-4-8(17-7)10(9)12(14)16/h3-4,7-8,15-16H,1-2,5-6H2. The maximum Gasteiger partial charge on any atom is 0.200 e. The molecule has 17 heavy (non-hydrogen) atoms. The monoisotopic (exact) mass is 299 g/mol. The van der Waals surface area contributed by atoms with E-state index in [1.54, 1.807) is 4.57 Å². The fraction of sp³-hybridized carbons (Fsp3) is 0.500. The van der Waals surface area contributed by atoms with E-state index < -0.39 is 0 Å². The first-order chi connectivity index (χ1) is 8.24. The molecule has 2 aliphatic heterocycles. The Bertz CT molecular complexity index is 445. The number of aromatic nitrogens is 1. The van der Waals surface area contributed by atoms with Crippen molar-refractivity contribution in [3.05, 3.63) is 23.3 Å². The summed E-state index contributed by atoms with van der Waals surface area (Å²) in [5.41, 5.74) is 1.49. The predicted molar refractivity (Wildman–Crippen MR) is 66.5 cm³/mol. The predicted octanol–water partition coefficient (Wildman–Crippen LogP) is 2.76. The average Bonchev–Trinajstić information content (AvgIpc) is 2.97. The van der Waals surface area contributed by atoms with Crippen molar-refractivity contribution >= 4 is 15.9 Å². The van der Waals surface area contributed by atoms with Gasteiger partial charge in [0, 0.05) is 11.9 Å². The van der Waals surface area contributed by atoms with Crippen molar-refractivity contribution in [1.82, 2.24) is 4.57 Å². The fourth-order valence-electron chi connectivity index (χ4n) is 2.55. The molecular weight excluding hydrogens is 286 g/mol. The first-order valence-corrected chi connectivity index (χ1v) is 6.90. The van der Waals surface area contributed by atoms with E-state index in [-0.39, 0.29) is 24.0 Å². The highest BCUT2D eigenvalue weighted by atomic mass is 79.9. The summed E-state index contributed by atoms with van der Waals surface area (Å²) in [6.07, 6.45) is 5.42. The minimum Gasteiger partial charge on any atom is -0.494 e. The molecule has 0 fully saturated rings. The van der Waals surface area contributed by atoms with E-state index >= 15 is 0 Å². The summed E-state index contributed by atoms with van der Waals surface area (Å²) >= 11 is 3.37. The number of halogens is 1. The number of ether oxygens (including phenoxy) is 1. The molecule has 92 valence electrons.